The van der Waals surface area contributed by atoms with E-state index in [0.717, 1.165) is 28.3 Å². The Morgan fingerprint density at radius 2 is 1.60 bits per heavy atom. The van der Waals surface area contributed by atoms with Crippen LogP contribution in [0.4, 0.5) is 5.69 Å². The molecule has 0 saturated heterocycles. The van der Waals surface area contributed by atoms with E-state index in [1.807, 2.05) is 42.5 Å². The van der Waals surface area contributed by atoms with Crippen molar-refractivity contribution in [3.8, 4) is 11.5 Å². The third-order valence-electron chi connectivity index (χ3n) is 4.04. The summed E-state index contributed by atoms with van der Waals surface area (Å²) in [7, 11) is 1.67. The monoisotopic (exact) mass is 333 g/mol. The molecule has 0 aliphatic rings. The molecule has 25 heavy (non-hydrogen) atoms. The maximum atomic E-state index is 6.11. The van der Waals surface area contributed by atoms with E-state index in [9.17, 15) is 0 Å². The molecule has 3 rings (SSSR count). The van der Waals surface area contributed by atoms with Gasteiger partial charge in [0.1, 0.15) is 6.61 Å². The van der Waals surface area contributed by atoms with Gasteiger partial charge in [-0.2, -0.15) is 0 Å². The number of methoxy groups -OCH3 is 1. The van der Waals surface area contributed by atoms with Crippen LogP contribution in [0.5, 0.6) is 11.5 Å². The summed E-state index contributed by atoms with van der Waals surface area (Å²) in [5, 5.41) is 3.42. The predicted octanol–water partition coefficient (Wildman–Crippen LogP) is 5.19. The highest BCUT2D eigenvalue weighted by Crippen LogP contribution is 2.32. The van der Waals surface area contributed by atoms with E-state index >= 15 is 0 Å². The molecule has 0 saturated carbocycles. The lowest BCUT2D eigenvalue weighted by molar-refractivity contribution is 0.281. The zero-order valence-electron chi connectivity index (χ0n) is 14.7. The van der Waals surface area contributed by atoms with Gasteiger partial charge in [0, 0.05) is 17.8 Å². The zero-order valence-corrected chi connectivity index (χ0v) is 14.7. The highest BCUT2D eigenvalue weighted by atomic mass is 16.5. The van der Waals surface area contributed by atoms with E-state index in [1.165, 1.54) is 5.56 Å². The highest BCUT2D eigenvalue weighted by Gasteiger charge is 2.11. The number of ether oxygens (including phenoxy) is 2. The van der Waals surface area contributed by atoms with Crippen molar-refractivity contribution in [1.82, 2.24) is 0 Å². The van der Waals surface area contributed by atoms with Crippen LogP contribution in [0.25, 0.3) is 0 Å². The van der Waals surface area contributed by atoms with Gasteiger partial charge in [-0.3, -0.25) is 0 Å². The van der Waals surface area contributed by atoms with Gasteiger partial charge in [-0.15, -0.1) is 0 Å². The average molecular weight is 333 g/mol. The Morgan fingerprint density at radius 3 is 2.32 bits per heavy atom. The van der Waals surface area contributed by atoms with Crippen LogP contribution in [0.2, 0.25) is 0 Å². The van der Waals surface area contributed by atoms with Crippen LogP contribution in [-0.2, 0) is 13.2 Å². The number of hydrogen-bond acceptors (Lipinski definition) is 3. The second-order valence-corrected chi connectivity index (χ2v) is 5.94. The fourth-order valence-electron chi connectivity index (χ4n) is 2.62. The number of aryl methyl sites for hydroxylation is 1. The van der Waals surface area contributed by atoms with Crippen LogP contribution >= 0.6 is 0 Å². The smallest absolute Gasteiger partial charge is 0.166 e. The van der Waals surface area contributed by atoms with Gasteiger partial charge in [-0.1, -0.05) is 60.2 Å². The molecular formula is C22H23NO2. The fraction of sp³-hybridized carbons (Fsp3) is 0.182. The fourth-order valence-corrected chi connectivity index (χ4v) is 2.62. The van der Waals surface area contributed by atoms with Crippen LogP contribution in [0.1, 0.15) is 16.7 Å². The van der Waals surface area contributed by atoms with Gasteiger partial charge >= 0.3 is 0 Å². The normalized spacial score (nSPS) is 10.3. The summed E-state index contributed by atoms with van der Waals surface area (Å²) >= 11 is 0. The second kappa shape index (κ2) is 8.25. The first-order chi connectivity index (χ1) is 12.3. The Balaban J connectivity index is 1.75. The third kappa shape index (κ3) is 4.54. The maximum absolute atomic E-state index is 6.11. The van der Waals surface area contributed by atoms with Crippen molar-refractivity contribution in [2.45, 2.75) is 20.1 Å². The molecule has 3 heteroatoms. The van der Waals surface area contributed by atoms with Gasteiger partial charge < -0.3 is 14.8 Å². The molecule has 1 N–H and O–H groups in total. The van der Waals surface area contributed by atoms with E-state index in [2.05, 4.69) is 42.6 Å². The summed E-state index contributed by atoms with van der Waals surface area (Å²) in [6.45, 7) is 3.27. The van der Waals surface area contributed by atoms with E-state index < -0.39 is 0 Å². The number of hydrogen-bond donors (Lipinski definition) is 1. The summed E-state index contributed by atoms with van der Waals surface area (Å²) in [5.74, 6) is 1.54. The SMILES string of the molecule is COc1cccc(CNc2ccccc2)c1OCc1ccc(C)cc1. The second-order valence-electron chi connectivity index (χ2n) is 5.94. The summed E-state index contributed by atoms with van der Waals surface area (Å²) < 4.78 is 11.6. The first-order valence-electron chi connectivity index (χ1n) is 8.39. The van der Waals surface area contributed by atoms with Gasteiger partial charge in [-0.25, -0.2) is 0 Å². The van der Waals surface area contributed by atoms with Crippen molar-refractivity contribution >= 4 is 5.69 Å². The van der Waals surface area contributed by atoms with Crippen LogP contribution < -0.4 is 14.8 Å². The topological polar surface area (TPSA) is 30.5 Å². The van der Waals surface area contributed by atoms with Crippen molar-refractivity contribution in [3.63, 3.8) is 0 Å². The first kappa shape index (κ1) is 16.9. The Bertz CT molecular complexity index is 798. The molecule has 3 aromatic rings. The summed E-state index contributed by atoms with van der Waals surface area (Å²) in [6.07, 6.45) is 0. The van der Waals surface area contributed by atoms with Crippen molar-refractivity contribution in [2.75, 3.05) is 12.4 Å². The van der Waals surface area contributed by atoms with Gasteiger partial charge in [0.25, 0.3) is 0 Å². The molecule has 0 aliphatic carbocycles. The highest BCUT2D eigenvalue weighted by molar-refractivity contribution is 5.50. The minimum atomic E-state index is 0.513. The van der Waals surface area contributed by atoms with E-state index in [0.29, 0.717) is 13.2 Å². The molecule has 0 bridgehead atoms. The van der Waals surface area contributed by atoms with Crippen molar-refractivity contribution < 1.29 is 9.47 Å². The first-order valence-corrected chi connectivity index (χ1v) is 8.39. The van der Waals surface area contributed by atoms with E-state index in [-0.39, 0.29) is 0 Å². The van der Waals surface area contributed by atoms with Crippen LogP contribution in [0.3, 0.4) is 0 Å². The molecule has 0 radical (unpaired) electrons. The molecule has 0 aliphatic heterocycles. The number of benzene rings is 3. The lowest BCUT2D eigenvalue weighted by Gasteiger charge is -2.16. The molecule has 0 unspecified atom stereocenters. The van der Waals surface area contributed by atoms with E-state index in [1.54, 1.807) is 7.11 Å². The van der Waals surface area contributed by atoms with Crippen molar-refractivity contribution in [1.29, 1.82) is 0 Å². The molecule has 128 valence electrons. The lowest BCUT2D eigenvalue weighted by atomic mass is 10.1. The minimum Gasteiger partial charge on any atom is -0.493 e. The number of nitrogens with one attached hydrogen (secondary N) is 1. The minimum absolute atomic E-state index is 0.513. The number of rotatable bonds is 7. The summed E-state index contributed by atoms with van der Waals surface area (Å²) in [4.78, 5) is 0. The number of anilines is 1. The number of para-hydroxylation sites is 2. The average Bonchev–Trinajstić information content (AvgIpc) is 2.67. The maximum Gasteiger partial charge on any atom is 0.166 e. The van der Waals surface area contributed by atoms with Crippen molar-refractivity contribution in [3.05, 3.63) is 89.5 Å². The third-order valence-corrected chi connectivity index (χ3v) is 4.04. The Kier molecular flexibility index (Phi) is 5.57. The molecular weight excluding hydrogens is 310 g/mol. The lowest BCUT2D eigenvalue weighted by Crippen LogP contribution is -2.05. The van der Waals surface area contributed by atoms with Crippen LogP contribution in [0.15, 0.2) is 72.8 Å². The molecule has 3 nitrogen and oxygen atoms in total. The largest absolute Gasteiger partial charge is 0.493 e. The van der Waals surface area contributed by atoms with Crippen LogP contribution in [0, 0.1) is 6.92 Å². The molecule has 0 spiro atoms. The Labute approximate surface area is 149 Å². The van der Waals surface area contributed by atoms with E-state index in [4.69, 9.17) is 9.47 Å². The van der Waals surface area contributed by atoms with Gasteiger partial charge in [0.2, 0.25) is 0 Å². The molecule has 0 amide bonds. The molecule has 3 aromatic carbocycles. The van der Waals surface area contributed by atoms with Gasteiger partial charge in [0.15, 0.2) is 11.5 Å². The molecule has 0 heterocycles. The Morgan fingerprint density at radius 1 is 0.840 bits per heavy atom. The zero-order chi connectivity index (χ0) is 17.5. The van der Waals surface area contributed by atoms with Crippen molar-refractivity contribution in [2.24, 2.45) is 0 Å². The van der Waals surface area contributed by atoms with Crippen LogP contribution in [-0.4, -0.2) is 7.11 Å². The predicted molar refractivity (Wildman–Crippen MR) is 102 cm³/mol. The standard InChI is InChI=1S/C22H23NO2/c1-17-11-13-18(14-12-17)16-25-22-19(7-6-10-21(22)24-2)15-23-20-8-4-3-5-9-20/h3-14,23H,15-16H2,1-2H3. The summed E-state index contributed by atoms with van der Waals surface area (Å²) in [6, 6.07) is 24.5. The van der Waals surface area contributed by atoms with Gasteiger partial charge in [-0.05, 0) is 30.7 Å². The van der Waals surface area contributed by atoms with Gasteiger partial charge in [0.05, 0.1) is 7.11 Å². The molecule has 0 atom stereocenters. The quantitative estimate of drug-likeness (QED) is 0.645. The Hall–Kier alpha value is -2.94. The molecule has 0 aromatic heterocycles. The molecule has 0 fully saturated rings. The summed E-state index contributed by atoms with van der Waals surface area (Å²) in [5.41, 5.74) is 4.53.